The molecule has 0 aliphatic carbocycles. The van der Waals surface area contributed by atoms with Crippen LogP contribution in [0.4, 0.5) is 17.1 Å². The van der Waals surface area contributed by atoms with Crippen LogP contribution in [0.5, 0.6) is 0 Å². The summed E-state index contributed by atoms with van der Waals surface area (Å²) < 4.78 is 11.6. The van der Waals surface area contributed by atoms with E-state index in [-0.39, 0.29) is 0 Å². The van der Waals surface area contributed by atoms with Crippen molar-refractivity contribution in [3.05, 3.63) is 206 Å². The van der Waals surface area contributed by atoms with Gasteiger partial charge in [-0.15, -0.1) is 11.3 Å². The lowest BCUT2D eigenvalue weighted by molar-refractivity contribution is 0.669. The molecule has 0 radical (unpaired) electrons. The normalized spacial score (nSPS) is 11.8. The molecule has 3 nitrogen and oxygen atoms in total. The summed E-state index contributed by atoms with van der Waals surface area (Å²) in [7, 11) is 0. The highest BCUT2D eigenvalue weighted by Gasteiger charge is 2.21. The molecule has 0 N–H and O–H groups in total. The van der Waals surface area contributed by atoms with E-state index in [9.17, 15) is 0 Å². The maximum atomic E-state index is 6.63. The van der Waals surface area contributed by atoms with Gasteiger partial charge in [-0.05, 0) is 83.4 Å². The summed E-state index contributed by atoms with van der Waals surface area (Å²) in [5, 5.41) is 7.32. The van der Waals surface area contributed by atoms with Crippen molar-refractivity contribution in [2.24, 2.45) is 0 Å². The van der Waals surface area contributed by atoms with Crippen LogP contribution in [0.25, 0.3) is 91.9 Å². The molecule has 0 aliphatic heterocycles. The summed E-state index contributed by atoms with van der Waals surface area (Å²) in [6.45, 7) is 0. The molecule has 0 unspecified atom stereocenters. The Morgan fingerprint density at radius 1 is 0.397 bits per heavy atom. The number of benzene rings is 9. The standard InChI is InChI=1S/C54H34N2OS/c1-6-21-47(56-48-22-7-2-16-41(48)42-17-3-8-23-49(42)56)40(15-1)37-14-11-13-36(33-37)35-27-29-38(30-28-35)55(39-31-32-45-44-19-5-10-26-52(44)58-53(45)34-39)50-24-12-20-46-43-18-4-9-25-51(43)57-54(46)50/h1-34H. The van der Waals surface area contributed by atoms with E-state index >= 15 is 0 Å². The van der Waals surface area contributed by atoms with Crippen LogP contribution in [0.2, 0.25) is 0 Å². The second kappa shape index (κ2) is 13.1. The number of anilines is 3. The Labute approximate surface area is 338 Å². The minimum Gasteiger partial charge on any atom is -0.454 e. The van der Waals surface area contributed by atoms with Crippen molar-refractivity contribution in [3.8, 4) is 27.9 Å². The van der Waals surface area contributed by atoms with Crippen LogP contribution < -0.4 is 4.90 Å². The number of para-hydroxylation sites is 5. The lowest BCUT2D eigenvalue weighted by Crippen LogP contribution is -2.10. The molecule has 0 spiro atoms. The molecule has 4 heteroatoms. The number of fused-ring (bicyclic) bond motifs is 9. The van der Waals surface area contributed by atoms with Gasteiger partial charge in [0.15, 0.2) is 5.58 Å². The number of hydrogen-bond acceptors (Lipinski definition) is 3. The van der Waals surface area contributed by atoms with Crippen LogP contribution in [-0.4, -0.2) is 4.57 Å². The molecule has 58 heavy (non-hydrogen) atoms. The zero-order valence-electron chi connectivity index (χ0n) is 31.3. The van der Waals surface area contributed by atoms with Gasteiger partial charge in [0.25, 0.3) is 0 Å². The molecule has 9 aromatic carbocycles. The molecule has 0 saturated heterocycles. The molecule has 272 valence electrons. The smallest absolute Gasteiger partial charge is 0.159 e. The predicted octanol–water partition coefficient (Wildman–Crippen LogP) is 15.9. The highest BCUT2D eigenvalue weighted by Crippen LogP contribution is 2.45. The number of furan rings is 1. The average molecular weight is 759 g/mol. The molecular formula is C54H34N2OS. The Kier molecular flexibility index (Phi) is 7.40. The maximum Gasteiger partial charge on any atom is 0.159 e. The number of hydrogen-bond donors (Lipinski definition) is 0. The maximum absolute atomic E-state index is 6.63. The largest absolute Gasteiger partial charge is 0.454 e. The fourth-order valence-corrected chi connectivity index (χ4v) is 10.1. The van der Waals surface area contributed by atoms with Crippen molar-refractivity contribution >= 4 is 92.3 Å². The zero-order valence-corrected chi connectivity index (χ0v) is 32.2. The van der Waals surface area contributed by atoms with E-state index in [1.54, 1.807) is 0 Å². The summed E-state index contributed by atoms with van der Waals surface area (Å²) in [4.78, 5) is 2.34. The van der Waals surface area contributed by atoms with E-state index in [0.29, 0.717) is 0 Å². The zero-order chi connectivity index (χ0) is 38.2. The highest BCUT2D eigenvalue weighted by molar-refractivity contribution is 7.25. The summed E-state index contributed by atoms with van der Waals surface area (Å²) in [5.41, 5.74) is 13.2. The Bertz CT molecular complexity index is 3480. The van der Waals surface area contributed by atoms with Crippen LogP contribution in [0.3, 0.4) is 0 Å². The van der Waals surface area contributed by atoms with Crippen molar-refractivity contribution in [2.75, 3.05) is 4.90 Å². The average Bonchev–Trinajstić information content (AvgIpc) is 3.97. The molecule has 12 rings (SSSR count). The minimum atomic E-state index is 0.874. The van der Waals surface area contributed by atoms with Gasteiger partial charge in [0.05, 0.1) is 22.4 Å². The van der Waals surface area contributed by atoms with Gasteiger partial charge in [-0.3, -0.25) is 0 Å². The second-order valence-electron chi connectivity index (χ2n) is 14.9. The van der Waals surface area contributed by atoms with E-state index in [2.05, 4.69) is 210 Å². The molecule has 0 amide bonds. The quantitative estimate of drug-likeness (QED) is 0.168. The molecular weight excluding hydrogens is 725 g/mol. The number of rotatable bonds is 6. The lowest BCUT2D eigenvalue weighted by Gasteiger charge is -2.26. The lowest BCUT2D eigenvalue weighted by atomic mass is 9.97. The molecule has 0 saturated carbocycles. The fraction of sp³-hybridized carbons (Fsp3) is 0. The van der Waals surface area contributed by atoms with Crippen molar-refractivity contribution in [3.63, 3.8) is 0 Å². The van der Waals surface area contributed by atoms with Gasteiger partial charge < -0.3 is 13.9 Å². The Morgan fingerprint density at radius 3 is 1.84 bits per heavy atom. The summed E-state index contributed by atoms with van der Waals surface area (Å²) in [6, 6.07) is 74.4. The molecule has 0 atom stereocenters. The van der Waals surface area contributed by atoms with Crippen molar-refractivity contribution < 1.29 is 4.42 Å². The molecule has 3 heterocycles. The molecule has 0 fully saturated rings. The number of nitrogens with zero attached hydrogens (tertiary/aromatic N) is 2. The van der Waals surface area contributed by atoms with E-state index in [4.69, 9.17) is 4.42 Å². The monoisotopic (exact) mass is 758 g/mol. The fourth-order valence-electron chi connectivity index (χ4n) is 8.95. The van der Waals surface area contributed by atoms with Crippen LogP contribution in [0, 0.1) is 0 Å². The third-order valence-corrected chi connectivity index (χ3v) is 12.7. The molecule has 12 aromatic rings. The second-order valence-corrected chi connectivity index (χ2v) is 16.0. The topological polar surface area (TPSA) is 21.3 Å². The van der Waals surface area contributed by atoms with E-state index in [0.717, 1.165) is 44.6 Å². The first kappa shape index (κ1) is 32.8. The highest BCUT2D eigenvalue weighted by atomic mass is 32.1. The summed E-state index contributed by atoms with van der Waals surface area (Å²) >= 11 is 1.84. The third-order valence-electron chi connectivity index (χ3n) is 11.6. The first-order valence-electron chi connectivity index (χ1n) is 19.7. The van der Waals surface area contributed by atoms with Gasteiger partial charge in [0.2, 0.25) is 0 Å². The Hall–Kier alpha value is -7.40. The van der Waals surface area contributed by atoms with Gasteiger partial charge in [-0.25, -0.2) is 0 Å². The molecule has 0 bridgehead atoms. The molecule has 3 aromatic heterocycles. The van der Waals surface area contributed by atoms with E-state index < -0.39 is 0 Å². The Morgan fingerprint density at radius 2 is 1.02 bits per heavy atom. The summed E-state index contributed by atoms with van der Waals surface area (Å²) in [6.07, 6.45) is 0. The molecule has 0 aliphatic rings. The van der Waals surface area contributed by atoms with Gasteiger partial charge in [0.1, 0.15) is 5.58 Å². The minimum absolute atomic E-state index is 0.874. The van der Waals surface area contributed by atoms with Gasteiger partial charge >= 0.3 is 0 Å². The summed E-state index contributed by atoms with van der Waals surface area (Å²) in [5.74, 6) is 0. The van der Waals surface area contributed by atoms with Crippen LogP contribution in [0.1, 0.15) is 0 Å². The van der Waals surface area contributed by atoms with E-state index in [1.807, 2.05) is 17.4 Å². The number of thiophene rings is 1. The van der Waals surface area contributed by atoms with Gasteiger partial charge in [0, 0.05) is 58.7 Å². The van der Waals surface area contributed by atoms with Gasteiger partial charge in [-0.2, -0.15) is 0 Å². The first-order chi connectivity index (χ1) is 28.8. The number of aromatic nitrogens is 1. The van der Waals surface area contributed by atoms with Crippen LogP contribution in [-0.2, 0) is 0 Å². The Balaban J connectivity index is 0.976. The van der Waals surface area contributed by atoms with E-state index in [1.165, 1.54) is 64.4 Å². The SMILES string of the molecule is c1cc(-c2ccc(N(c3ccc4c(c3)sc3ccccc34)c3cccc4c3oc3ccccc34)cc2)cc(-c2ccccc2-n2c3ccccc3c3ccccc32)c1. The predicted molar refractivity (Wildman–Crippen MR) is 247 cm³/mol. The third kappa shape index (κ3) is 5.12. The first-order valence-corrected chi connectivity index (χ1v) is 20.5. The van der Waals surface area contributed by atoms with Crippen molar-refractivity contribution in [1.29, 1.82) is 0 Å². The van der Waals surface area contributed by atoms with Gasteiger partial charge in [-0.1, -0.05) is 140 Å². The van der Waals surface area contributed by atoms with Crippen molar-refractivity contribution in [1.82, 2.24) is 4.57 Å². The van der Waals surface area contributed by atoms with Crippen LogP contribution >= 0.6 is 11.3 Å². The van der Waals surface area contributed by atoms with Crippen molar-refractivity contribution in [2.45, 2.75) is 0 Å². The van der Waals surface area contributed by atoms with Crippen LogP contribution in [0.15, 0.2) is 211 Å².